The molecule has 0 saturated carbocycles. The van der Waals surface area contributed by atoms with Crippen LogP contribution in [-0.4, -0.2) is 49.1 Å². The van der Waals surface area contributed by atoms with Crippen molar-refractivity contribution in [2.45, 2.75) is 32.7 Å². The zero-order chi connectivity index (χ0) is 13.0. The average molecular weight is 246 g/mol. The highest BCUT2D eigenvalue weighted by Crippen LogP contribution is 2.15. The second kappa shape index (κ2) is 6.35. The maximum Gasteiger partial charge on any atom is 0.0234 e. The Labute approximate surface area is 112 Å². The standard InChI is InChI=1S/C16H26N2/c1-14-7-4-5-8-16(11-14)13-18-10-6-9-17(3)15(2)12-18/h4-5,8,11,15H,6-7,9-10,12-13H2,1-3H3. The normalized spacial score (nSPS) is 27.4. The fourth-order valence-corrected chi connectivity index (χ4v) is 2.74. The zero-order valence-electron chi connectivity index (χ0n) is 12.0. The van der Waals surface area contributed by atoms with Crippen molar-refractivity contribution in [1.29, 1.82) is 0 Å². The Balaban J connectivity index is 1.98. The van der Waals surface area contributed by atoms with Gasteiger partial charge in [0.2, 0.25) is 0 Å². The van der Waals surface area contributed by atoms with Gasteiger partial charge in [-0.05, 0) is 52.4 Å². The number of allylic oxidation sites excluding steroid dienone is 4. The van der Waals surface area contributed by atoms with E-state index in [4.69, 9.17) is 0 Å². The Kier molecular flexibility index (Phi) is 4.79. The number of hydrogen-bond acceptors (Lipinski definition) is 2. The van der Waals surface area contributed by atoms with Crippen LogP contribution in [0, 0.1) is 0 Å². The molecule has 0 spiro atoms. The number of nitrogens with zero attached hydrogens (tertiary/aromatic N) is 2. The van der Waals surface area contributed by atoms with Gasteiger partial charge in [0.15, 0.2) is 0 Å². The summed E-state index contributed by atoms with van der Waals surface area (Å²) in [6, 6.07) is 0.666. The third-order valence-electron chi connectivity index (χ3n) is 3.98. The number of likely N-dealkylation sites (N-methyl/N-ethyl adjacent to an activating group) is 1. The highest BCUT2D eigenvalue weighted by atomic mass is 15.2. The summed E-state index contributed by atoms with van der Waals surface area (Å²) >= 11 is 0. The summed E-state index contributed by atoms with van der Waals surface area (Å²) in [6.45, 7) is 9.29. The third kappa shape index (κ3) is 3.82. The van der Waals surface area contributed by atoms with Gasteiger partial charge in [0.25, 0.3) is 0 Å². The first kappa shape index (κ1) is 13.6. The van der Waals surface area contributed by atoms with E-state index in [1.165, 1.54) is 37.2 Å². The summed E-state index contributed by atoms with van der Waals surface area (Å²) in [5, 5.41) is 0. The van der Waals surface area contributed by atoms with Gasteiger partial charge in [-0.3, -0.25) is 4.90 Å². The van der Waals surface area contributed by atoms with E-state index in [0.29, 0.717) is 6.04 Å². The third-order valence-corrected chi connectivity index (χ3v) is 3.98. The lowest BCUT2D eigenvalue weighted by molar-refractivity contribution is 0.230. The van der Waals surface area contributed by atoms with Gasteiger partial charge in [-0.2, -0.15) is 0 Å². The summed E-state index contributed by atoms with van der Waals surface area (Å²) in [6.07, 6.45) is 11.5. The molecule has 1 aliphatic carbocycles. The van der Waals surface area contributed by atoms with Gasteiger partial charge in [0.1, 0.15) is 0 Å². The van der Waals surface area contributed by atoms with Crippen LogP contribution < -0.4 is 0 Å². The molecule has 1 heterocycles. The van der Waals surface area contributed by atoms with Gasteiger partial charge < -0.3 is 4.90 Å². The Bertz CT molecular complexity index is 365. The fourth-order valence-electron chi connectivity index (χ4n) is 2.74. The van der Waals surface area contributed by atoms with Gasteiger partial charge in [0.05, 0.1) is 0 Å². The maximum atomic E-state index is 2.60. The Morgan fingerprint density at radius 2 is 2.17 bits per heavy atom. The van der Waals surface area contributed by atoms with E-state index < -0.39 is 0 Å². The van der Waals surface area contributed by atoms with Crippen molar-refractivity contribution < 1.29 is 0 Å². The van der Waals surface area contributed by atoms with Crippen molar-refractivity contribution in [3.63, 3.8) is 0 Å². The topological polar surface area (TPSA) is 6.48 Å². The van der Waals surface area contributed by atoms with Crippen LogP contribution in [0.2, 0.25) is 0 Å². The van der Waals surface area contributed by atoms with Crippen LogP contribution in [0.5, 0.6) is 0 Å². The summed E-state index contributed by atoms with van der Waals surface area (Å²) in [5.41, 5.74) is 2.92. The predicted octanol–water partition coefficient (Wildman–Crippen LogP) is 2.85. The first-order chi connectivity index (χ1) is 8.65. The van der Waals surface area contributed by atoms with Crippen molar-refractivity contribution in [3.8, 4) is 0 Å². The van der Waals surface area contributed by atoms with E-state index in [1.807, 2.05) is 0 Å². The molecule has 0 aromatic rings. The Hall–Kier alpha value is -0.860. The zero-order valence-corrected chi connectivity index (χ0v) is 12.0. The molecule has 1 unspecified atom stereocenters. The molecule has 0 N–H and O–H groups in total. The van der Waals surface area contributed by atoms with Crippen molar-refractivity contribution in [1.82, 2.24) is 9.80 Å². The van der Waals surface area contributed by atoms with E-state index in [1.54, 1.807) is 0 Å². The molecule has 0 bridgehead atoms. The SMILES string of the molecule is CC1=CC(CN2CCCN(C)C(C)C2)=CC=CC1. The van der Waals surface area contributed by atoms with E-state index in [0.717, 1.165) is 13.0 Å². The lowest BCUT2D eigenvalue weighted by Crippen LogP contribution is -2.37. The molecule has 1 aliphatic heterocycles. The summed E-state index contributed by atoms with van der Waals surface area (Å²) < 4.78 is 0. The molecule has 1 atom stereocenters. The molecule has 0 aromatic heterocycles. The van der Waals surface area contributed by atoms with E-state index in [9.17, 15) is 0 Å². The molecule has 2 nitrogen and oxygen atoms in total. The first-order valence-electron chi connectivity index (χ1n) is 7.10. The monoisotopic (exact) mass is 246 g/mol. The van der Waals surface area contributed by atoms with Crippen LogP contribution in [0.3, 0.4) is 0 Å². The predicted molar refractivity (Wildman–Crippen MR) is 78.7 cm³/mol. The highest BCUT2D eigenvalue weighted by molar-refractivity contribution is 5.32. The summed E-state index contributed by atoms with van der Waals surface area (Å²) in [4.78, 5) is 5.07. The molecule has 1 fully saturated rings. The minimum Gasteiger partial charge on any atom is -0.302 e. The highest BCUT2D eigenvalue weighted by Gasteiger charge is 2.18. The van der Waals surface area contributed by atoms with Crippen molar-refractivity contribution >= 4 is 0 Å². The molecule has 0 amide bonds. The second-order valence-electron chi connectivity index (χ2n) is 5.78. The second-order valence-corrected chi connectivity index (χ2v) is 5.78. The molecule has 0 radical (unpaired) electrons. The van der Waals surface area contributed by atoms with Crippen molar-refractivity contribution in [2.24, 2.45) is 0 Å². The molecular weight excluding hydrogens is 220 g/mol. The van der Waals surface area contributed by atoms with Crippen molar-refractivity contribution in [3.05, 3.63) is 35.5 Å². The number of rotatable bonds is 2. The molecule has 1 saturated heterocycles. The van der Waals surface area contributed by atoms with Gasteiger partial charge >= 0.3 is 0 Å². The smallest absolute Gasteiger partial charge is 0.0234 e. The van der Waals surface area contributed by atoms with Crippen LogP contribution in [0.1, 0.15) is 26.7 Å². The quantitative estimate of drug-likeness (QED) is 0.739. The lowest BCUT2D eigenvalue weighted by Gasteiger charge is -2.26. The van der Waals surface area contributed by atoms with Gasteiger partial charge in [-0.25, -0.2) is 0 Å². The van der Waals surface area contributed by atoms with Crippen LogP contribution in [-0.2, 0) is 0 Å². The molecule has 2 heteroatoms. The number of hydrogen-bond donors (Lipinski definition) is 0. The fraction of sp³-hybridized carbons (Fsp3) is 0.625. The molecule has 0 aromatic carbocycles. The Morgan fingerprint density at radius 3 is 3.00 bits per heavy atom. The molecule has 18 heavy (non-hydrogen) atoms. The average Bonchev–Trinajstić information content (AvgIpc) is 2.60. The van der Waals surface area contributed by atoms with Gasteiger partial charge in [-0.1, -0.05) is 29.9 Å². The van der Waals surface area contributed by atoms with Crippen LogP contribution in [0.15, 0.2) is 35.5 Å². The van der Waals surface area contributed by atoms with E-state index in [2.05, 4.69) is 55.0 Å². The minimum absolute atomic E-state index is 0.666. The molecule has 100 valence electrons. The van der Waals surface area contributed by atoms with Gasteiger partial charge in [0, 0.05) is 19.1 Å². The van der Waals surface area contributed by atoms with Crippen LogP contribution >= 0.6 is 0 Å². The minimum atomic E-state index is 0.666. The summed E-state index contributed by atoms with van der Waals surface area (Å²) in [5.74, 6) is 0. The lowest BCUT2D eigenvalue weighted by atomic mass is 10.1. The van der Waals surface area contributed by atoms with E-state index >= 15 is 0 Å². The van der Waals surface area contributed by atoms with Crippen molar-refractivity contribution in [2.75, 3.05) is 33.2 Å². The van der Waals surface area contributed by atoms with E-state index in [-0.39, 0.29) is 0 Å². The van der Waals surface area contributed by atoms with Gasteiger partial charge in [-0.15, -0.1) is 0 Å². The molecular formula is C16H26N2. The molecule has 2 rings (SSSR count). The largest absolute Gasteiger partial charge is 0.302 e. The van der Waals surface area contributed by atoms with Crippen LogP contribution in [0.4, 0.5) is 0 Å². The maximum absolute atomic E-state index is 2.60. The molecule has 2 aliphatic rings. The van der Waals surface area contributed by atoms with Crippen LogP contribution in [0.25, 0.3) is 0 Å². The Morgan fingerprint density at radius 1 is 1.33 bits per heavy atom. The first-order valence-corrected chi connectivity index (χ1v) is 7.10. The summed E-state index contributed by atoms with van der Waals surface area (Å²) in [7, 11) is 2.24.